The van der Waals surface area contributed by atoms with E-state index in [9.17, 15) is 4.79 Å². The fourth-order valence-electron chi connectivity index (χ4n) is 2.51. The van der Waals surface area contributed by atoms with Crippen LogP contribution in [0.1, 0.15) is 18.1 Å². The molecule has 0 atom stereocenters. The summed E-state index contributed by atoms with van der Waals surface area (Å²) in [4.78, 5) is 12.5. The van der Waals surface area contributed by atoms with Crippen LogP contribution in [-0.2, 0) is 6.42 Å². The first kappa shape index (κ1) is 12.7. The summed E-state index contributed by atoms with van der Waals surface area (Å²) >= 11 is 0. The third-order valence-electron chi connectivity index (χ3n) is 3.64. The summed E-state index contributed by atoms with van der Waals surface area (Å²) in [6.07, 6.45) is 0.845. The lowest BCUT2D eigenvalue weighted by Crippen LogP contribution is -2.08. The molecule has 0 aliphatic heterocycles. The van der Waals surface area contributed by atoms with Gasteiger partial charge in [0.05, 0.1) is 5.39 Å². The normalized spacial score (nSPS) is 10.9. The van der Waals surface area contributed by atoms with E-state index in [4.69, 9.17) is 4.42 Å². The van der Waals surface area contributed by atoms with Crippen LogP contribution < -0.4 is 5.43 Å². The summed E-state index contributed by atoms with van der Waals surface area (Å²) in [6, 6.07) is 15.5. The molecule has 3 aromatic rings. The van der Waals surface area contributed by atoms with Crippen LogP contribution in [0.3, 0.4) is 0 Å². The van der Waals surface area contributed by atoms with Crippen molar-refractivity contribution >= 4 is 11.0 Å². The Bertz CT molecular complexity index is 814. The lowest BCUT2D eigenvalue weighted by atomic mass is 10.0. The predicted molar refractivity (Wildman–Crippen MR) is 82.0 cm³/mol. The lowest BCUT2D eigenvalue weighted by molar-refractivity contribution is 0.609. The maximum absolute atomic E-state index is 12.5. The number of para-hydroxylation sites is 1. The molecule has 20 heavy (non-hydrogen) atoms. The highest BCUT2D eigenvalue weighted by atomic mass is 16.3. The lowest BCUT2D eigenvalue weighted by Gasteiger charge is -2.09. The van der Waals surface area contributed by atoms with Gasteiger partial charge in [0.1, 0.15) is 11.3 Å². The Morgan fingerprint density at radius 1 is 1.00 bits per heavy atom. The van der Waals surface area contributed by atoms with E-state index in [0.717, 1.165) is 17.5 Å². The fourth-order valence-corrected chi connectivity index (χ4v) is 2.51. The SMILES string of the molecule is CCc1cccc2c(=O)c(C)c(-c3ccccc3)oc12. The van der Waals surface area contributed by atoms with Gasteiger partial charge >= 0.3 is 0 Å². The van der Waals surface area contributed by atoms with Crippen LogP contribution in [0.25, 0.3) is 22.3 Å². The van der Waals surface area contributed by atoms with Crippen LogP contribution in [-0.4, -0.2) is 0 Å². The Kier molecular flexibility index (Phi) is 3.15. The van der Waals surface area contributed by atoms with Gasteiger partial charge in [-0.15, -0.1) is 0 Å². The minimum atomic E-state index is 0.0559. The van der Waals surface area contributed by atoms with E-state index in [0.29, 0.717) is 22.3 Å². The zero-order chi connectivity index (χ0) is 14.1. The summed E-state index contributed by atoms with van der Waals surface area (Å²) in [7, 11) is 0. The van der Waals surface area contributed by atoms with Crippen LogP contribution in [0.5, 0.6) is 0 Å². The number of rotatable bonds is 2. The third-order valence-corrected chi connectivity index (χ3v) is 3.64. The van der Waals surface area contributed by atoms with Gasteiger partial charge in [0.25, 0.3) is 0 Å². The molecule has 0 amide bonds. The molecule has 0 aliphatic carbocycles. The Morgan fingerprint density at radius 2 is 1.75 bits per heavy atom. The molecule has 0 unspecified atom stereocenters. The highest BCUT2D eigenvalue weighted by molar-refractivity contribution is 5.83. The molecule has 0 radical (unpaired) electrons. The van der Waals surface area contributed by atoms with Gasteiger partial charge < -0.3 is 4.42 Å². The average molecular weight is 264 g/mol. The molecule has 2 aromatic carbocycles. The smallest absolute Gasteiger partial charge is 0.196 e. The summed E-state index contributed by atoms with van der Waals surface area (Å²) in [6.45, 7) is 3.89. The molecule has 0 N–H and O–H groups in total. The number of benzene rings is 2. The van der Waals surface area contributed by atoms with E-state index in [1.165, 1.54) is 0 Å². The van der Waals surface area contributed by atoms with Crippen molar-refractivity contribution < 1.29 is 4.42 Å². The van der Waals surface area contributed by atoms with Gasteiger partial charge in [-0.05, 0) is 25.0 Å². The largest absolute Gasteiger partial charge is 0.455 e. The van der Waals surface area contributed by atoms with Crippen molar-refractivity contribution in [1.29, 1.82) is 0 Å². The average Bonchev–Trinajstić information content (AvgIpc) is 2.51. The summed E-state index contributed by atoms with van der Waals surface area (Å²) < 4.78 is 6.08. The number of hydrogen-bond donors (Lipinski definition) is 0. The minimum Gasteiger partial charge on any atom is -0.455 e. The Labute approximate surface area is 117 Å². The van der Waals surface area contributed by atoms with Crippen molar-refractivity contribution in [2.24, 2.45) is 0 Å². The summed E-state index contributed by atoms with van der Waals surface area (Å²) in [5.41, 5.74) is 3.44. The predicted octanol–water partition coefficient (Wildman–Crippen LogP) is 4.33. The van der Waals surface area contributed by atoms with Crippen molar-refractivity contribution in [2.45, 2.75) is 20.3 Å². The first-order valence-corrected chi connectivity index (χ1v) is 6.83. The maximum atomic E-state index is 12.5. The van der Waals surface area contributed by atoms with E-state index in [-0.39, 0.29) is 5.43 Å². The van der Waals surface area contributed by atoms with Crippen LogP contribution in [0.2, 0.25) is 0 Å². The molecule has 0 aliphatic rings. The molecule has 2 heteroatoms. The zero-order valence-electron chi connectivity index (χ0n) is 11.6. The quantitative estimate of drug-likeness (QED) is 0.689. The summed E-state index contributed by atoms with van der Waals surface area (Å²) in [5, 5.41) is 0.668. The van der Waals surface area contributed by atoms with Crippen LogP contribution in [0.4, 0.5) is 0 Å². The molecule has 0 saturated carbocycles. The minimum absolute atomic E-state index is 0.0559. The van der Waals surface area contributed by atoms with Crippen molar-refractivity contribution in [3.8, 4) is 11.3 Å². The Balaban J connectivity index is 2.40. The summed E-state index contributed by atoms with van der Waals surface area (Å²) in [5.74, 6) is 0.670. The van der Waals surface area contributed by atoms with E-state index in [2.05, 4.69) is 6.92 Å². The molecule has 100 valence electrons. The molecule has 0 saturated heterocycles. The topological polar surface area (TPSA) is 30.2 Å². The second kappa shape index (κ2) is 4.97. The van der Waals surface area contributed by atoms with E-state index >= 15 is 0 Å². The highest BCUT2D eigenvalue weighted by Gasteiger charge is 2.13. The Hall–Kier alpha value is -2.35. The van der Waals surface area contributed by atoms with Gasteiger partial charge in [0.2, 0.25) is 0 Å². The van der Waals surface area contributed by atoms with Crippen molar-refractivity contribution in [2.75, 3.05) is 0 Å². The van der Waals surface area contributed by atoms with Crippen molar-refractivity contribution in [1.82, 2.24) is 0 Å². The number of fused-ring (bicyclic) bond motifs is 1. The van der Waals surface area contributed by atoms with Crippen LogP contribution in [0.15, 0.2) is 57.7 Å². The molecular formula is C18H16O2. The van der Waals surface area contributed by atoms with Crippen molar-refractivity contribution in [3.05, 3.63) is 69.9 Å². The van der Waals surface area contributed by atoms with Gasteiger partial charge in [0.15, 0.2) is 5.43 Å². The van der Waals surface area contributed by atoms with Gasteiger partial charge in [0, 0.05) is 11.1 Å². The molecule has 0 bridgehead atoms. The molecular weight excluding hydrogens is 248 g/mol. The van der Waals surface area contributed by atoms with E-state index in [1.807, 2.05) is 55.5 Å². The third kappa shape index (κ3) is 1.94. The van der Waals surface area contributed by atoms with E-state index in [1.54, 1.807) is 0 Å². The van der Waals surface area contributed by atoms with E-state index < -0.39 is 0 Å². The molecule has 3 rings (SSSR count). The Morgan fingerprint density at radius 3 is 2.45 bits per heavy atom. The fraction of sp³-hybridized carbons (Fsp3) is 0.167. The number of hydrogen-bond acceptors (Lipinski definition) is 2. The first-order valence-electron chi connectivity index (χ1n) is 6.83. The van der Waals surface area contributed by atoms with Gasteiger partial charge in [-0.2, -0.15) is 0 Å². The van der Waals surface area contributed by atoms with Gasteiger partial charge in [-0.1, -0.05) is 49.4 Å². The van der Waals surface area contributed by atoms with Crippen LogP contribution >= 0.6 is 0 Å². The molecule has 2 nitrogen and oxygen atoms in total. The molecule has 0 spiro atoms. The van der Waals surface area contributed by atoms with Gasteiger partial charge in [-0.25, -0.2) is 0 Å². The van der Waals surface area contributed by atoms with Crippen molar-refractivity contribution in [3.63, 3.8) is 0 Å². The van der Waals surface area contributed by atoms with Crippen LogP contribution in [0, 0.1) is 6.92 Å². The van der Waals surface area contributed by atoms with Gasteiger partial charge in [-0.3, -0.25) is 4.79 Å². The molecule has 1 aromatic heterocycles. The molecule has 1 heterocycles. The second-order valence-corrected chi connectivity index (χ2v) is 4.90. The standard InChI is InChI=1S/C18H16O2/c1-3-13-10-7-11-15-16(19)12(2)17(20-18(13)15)14-8-5-4-6-9-14/h4-11H,3H2,1-2H3. The monoisotopic (exact) mass is 264 g/mol. The highest BCUT2D eigenvalue weighted by Crippen LogP contribution is 2.27. The molecule has 0 fully saturated rings. The second-order valence-electron chi connectivity index (χ2n) is 4.90. The number of aryl methyl sites for hydroxylation is 1. The first-order chi connectivity index (χ1) is 9.72. The maximum Gasteiger partial charge on any atom is 0.196 e. The zero-order valence-corrected chi connectivity index (χ0v) is 11.6.